The number of aromatic nitrogens is 1. The van der Waals surface area contributed by atoms with Crippen LogP contribution < -0.4 is 10.6 Å². The van der Waals surface area contributed by atoms with Crippen molar-refractivity contribution in [3.8, 4) is 0 Å². The van der Waals surface area contributed by atoms with Gasteiger partial charge in [-0.3, -0.25) is 9.78 Å². The van der Waals surface area contributed by atoms with Gasteiger partial charge in [0.05, 0.1) is 6.04 Å². The van der Waals surface area contributed by atoms with Crippen molar-refractivity contribution >= 4 is 5.91 Å². The van der Waals surface area contributed by atoms with Gasteiger partial charge < -0.3 is 10.6 Å². The van der Waals surface area contributed by atoms with Crippen molar-refractivity contribution in [1.82, 2.24) is 15.6 Å². The Balaban J connectivity index is 1.72. The van der Waals surface area contributed by atoms with Crippen LogP contribution in [0.15, 0.2) is 24.4 Å². The van der Waals surface area contributed by atoms with Gasteiger partial charge in [-0.15, -0.1) is 0 Å². The van der Waals surface area contributed by atoms with Crippen LogP contribution >= 0.6 is 0 Å². The molecule has 0 aliphatic carbocycles. The molecule has 1 amide bonds. The average Bonchev–Trinajstić information content (AvgIpc) is 2.48. The lowest BCUT2D eigenvalue weighted by Gasteiger charge is -2.28. The highest BCUT2D eigenvalue weighted by Crippen LogP contribution is 2.19. The third-order valence-electron chi connectivity index (χ3n) is 3.81. The highest BCUT2D eigenvalue weighted by molar-refractivity contribution is 5.81. The van der Waals surface area contributed by atoms with Crippen molar-refractivity contribution in [2.75, 3.05) is 13.1 Å². The molecular formula is C15H23N3O. The number of hydrogen-bond donors (Lipinski definition) is 2. The zero-order chi connectivity index (χ0) is 13.5. The molecule has 1 aromatic heterocycles. The predicted molar refractivity (Wildman–Crippen MR) is 75.8 cm³/mol. The molecule has 4 heteroatoms. The van der Waals surface area contributed by atoms with E-state index in [-0.39, 0.29) is 11.9 Å². The molecule has 0 bridgehead atoms. The third kappa shape index (κ3) is 4.31. The molecule has 0 spiro atoms. The Morgan fingerprint density at radius 2 is 2.42 bits per heavy atom. The molecule has 4 nitrogen and oxygen atoms in total. The van der Waals surface area contributed by atoms with Gasteiger partial charge in [-0.2, -0.15) is 0 Å². The predicted octanol–water partition coefficient (Wildman–Crippen LogP) is 1.52. The van der Waals surface area contributed by atoms with E-state index >= 15 is 0 Å². The van der Waals surface area contributed by atoms with E-state index in [2.05, 4.69) is 22.5 Å². The molecular weight excluding hydrogens is 238 g/mol. The van der Waals surface area contributed by atoms with Gasteiger partial charge in [0.15, 0.2) is 0 Å². The number of nitrogens with one attached hydrogen (secondary N) is 2. The first kappa shape index (κ1) is 14.0. The van der Waals surface area contributed by atoms with Crippen LogP contribution in [0.5, 0.6) is 0 Å². The fourth-order valence-electron chi connectivity index (χ4n) is 2.55. The number of hydrogen-bond acceptors (Lipinski definition) is 3. The summed E-state index contributed by atoms with van der Waals surface area (Å²) in [5.74, 6) is 0.821. The van der Waals surface area contributed by atoms with Crippen molar-refractivity contribution in [3.05, 3.63) is 30.1 Å². The normalized spacial score (nSPS) is 23.0. The maximum atomic E-state index is 12.1. The summed E-state index contributed by atoms with van der Waals surface area (Å²) in [5, 5.41) is 6.31. The summed E-state index contributed by atoms with van der Waals surface area (Å²) in [6, 6.07) is 5.85. The fourth-order valence-corrected chi connectivity index (χ4v) is 2.55. The first-order chi connectivity index (χ1) is 9.29. The topological polar surface area (TPSA) is 54.0 Å². The molecule has 1 aromatic rings. The summed E-state index contributed by atoms with van der Waals surface area (Å²) >= 11 is 0. The summed E-state index contributed by atoms with van der Waals surface area (Å²) in [4.78, 5) is 16.3. The molecule has 0 aromatic carbocycles. The van der Waals surface area contributed by atoms with Crippen LogP contribution in [0.4, 0.5) is 0 Å². The number of piperidine rings is 1. The lowest BCUT2D eigenvalue weighted by Crippen LogP contribution is -2.49. The van der Waals surface area contributed by atoms with Crippen LogP contribution in [0.2, 0.25) is 0 Å². The Labute approximate surface area is 115 Å². The van der Waals surface area contributed by atoms with E-state index in [0.717, 1.165) is 25.1 Å². The fraction of sp³-hybridized carbons (Fsp3) is 0.600. The highest BCUT2D eigenvalue weighted by Gasteiger charge is 2.25. The molecule has 2 atom stereocenters. The Hall–Kier alpha value is -1.42. The second-order valence-corrected chi connectivity index (χ2v) is 5.17. The Kier molecular flexibility index (Phi) is 5.33. The van der Waals surface area contributed by atoms with Crippen LogP contribution in [0.1, 0.15) is 31.9 Å². The summed E-state index contributed by atoms with van der Waals surface area (Å²) < 4.78 is 0. The molecule has 1 aliphatic rings. The molecule has 2 N–H and O–H groups in total. The minimum absolute atomic E-state index is 0.0116. The molecule has 2 unspecified atom stereocenters. The van der Waals surface area contributed by atoms with Gasteiger partial charge in [0, 0.05) is 24.9 Å². The lowest BCUT2D eigenvalue weighted by atomic mass is 9.90. The second kappa shape index (κ2) is 7.24. The SMILES string of the molecule is CCC1CCNC(C(=O)NCCc2ccccn2)C1. The monoisotopic (exact) mass is 261 g/mol. The lowest BCUT2D eigenvalue weighted by molar-refractivity contribution is -0.124. The maximum Gasteiger partial charge on any atom is 0.237 e. The largest absolute Gasteiger partial charge is 0.354 e. The highest BCUT2D eigenvalue weighted by atomic mass is 16.2. The zero-order valence-electron chi connectivity index (χ0n) is 11.6. The molecule has 2 heterocycles. The Bertz CT molecular complexity index is 394. The molecule has 19 heavy (non-hydrogen) atoms. The van der Waals surface area contributed by atoms with Crippen LogP contribution in [-0.4, -0.2) is 30.0 Å². The molecule has 104 valence electrons. The van der Waals surface area contributed by atoms with Gasteiger partial charge in [-0.25, -0.2) is 0 Å². The molecule has 1 saturated heterocycles. The van der Waals surface area contributed by atoms with Crippen molar-refractivity contribution in [1.29, 1.82) is 0 Å². The molecule has 0 radical (unpaired) electrons. The van der Waals surface area contributed by atoms with Gasteiger partial charge in [0.25, 0.3) is 0 Å². The molecule has 0 saturated carbocycles. The average molecular weight is 261 g/mol. The van der Waals surface area contributed by atoms with Crippen LogP contribution in [0, 0.1) is 5.92 Å². The van der Waals surface area contributed by atoms with E-state index < -0.39 is 0 Å². The number of carbonyl (C=O) groups excluding carboxylic acids is 1. The van der Waals surface area contributed by atoms with Crippen molar-refractivity contribution in [3.63, 3.8) is 0 Å². The number of rotatable bonds is 5. The third-order valence-corrected chi connectivity index (χ3v) is 3.81. The maximum absolute atomic E-state index is 12.1. The molecule has 1 aliphatic heterocycles. The smallest absolute Gasteiger partial charge is 0.237 e. The summed E-state index contributed by atoms with van der Waals surface area (Å²) in [6.45, 7) is 3.81. The van der Waals surface area contributed by atoms with Crippen LogP contribution in [0.3, 0.4) is 0 Å². The molecule has 1 fully saturated rings. The minimum Gasteiger partial charge on any atom is -0.354 e. The van der Waals surface area contributed by atoms with Gasteiger partial charge in [-0.1, -0.05) is 19.4 Å². The van der Waals surface area contributed by atoms with Gasteiger partial charge >= 0.3 is 0 Å². The van der Waals surface area contributed by atoms with Gasteiger partial charge in [-0.05, 0) is 37.4 Å². The second-order valence-electron chi connectivity index (χ2n) is 5.17. The Morgan fingerprint density at radius 3 is 3.16 bits per heavy atom. The van der Waals surface area contributed by atoms with E-state index in [9.17, 15) is 4.79 Å². The first-order valence-electron chi connectivity index (χ1n) is 7.20. The standard InChI is InChI=1S/C15H23N3O/c1-2-12-6-9-17-14(11-12)15(19)18-10-7-13-5-3-4-8-16-13/h3-5,8,12,14,17H,2,6-7,9-11H2,1H3,(H,18,19). The van der Waals surface area contributed by atoms with Crippen molar-refractivity contribution in [2.24, 2.45) is 5.92 Å². The van der Waals surface area contributed by atoms with Gasteiger partial charge in [0.2, 0.25) is 5.91 Å². The van der Waals surface area contributed by atoms with Gasteiger partial charge in [0.1, 0.15) is 0 Å². The first-order valence-corrected chi connectivity index (χ1v) is 7.20. The van der Waals surface area contributed by atoms with Crippen molar-refractivity contribution < 1.29 is 4.79 Å². The van der Waals surface area contributed by atoms with E-state index in [1.54, 1.807) is 6.20 Å². The van der Waals surface area contributed by atoms with Crippen LogP contribution in [-0.2, 0) is 11.2 Å². The number of pyridine rings is 1. The quantitative estimate of drug-likeness (QED) is 0.845. The molecule has 2 rings (SSSR count). The van der Waals surface area contributed by atoms with Crippen LogP contribution in [0.25, 0.3) is 0 Å². The van der Waals surface area contributed by atoms with Crippen molar-refractivity contribution in [2.45, 2.75) is 38.6 Å². The number of nitrogens with zero attached hydrogens (tertiary/aromatic N) is 1. The Morgan fingerprint density at radius 1 is 1.53 bits per heavy atom. The van der Waals surface area contributed by atoms with E-state index in [1.165, 1.54) is 12.8 Å². The minimum atomic E-state index is -0.0116. The summed E-state index contributed by atoms with van der Waals surface area (Å²) in [7, 11) is 0. The van der Waals surface area contributed by atoms with E-state index in [0.29, 0.717) is 12.5 Å². The summed E-state index contributed by atoms with van der Waals surface area (Å²) in [6.07, 6.45) is 5.89. The zero-order valence-corrected chi connectivity index (χ0v) is 11.6. The number of amides is 1. The van der Waals surface area contributed by atoms with E-state index in [4.69, 9.17) is 0 Å². The van der Waals surface area contributed by atoms with E-state index in [1.807, 2.05) is 18.2 Å². The number of carbonyl (C=O) groups is 1. The summed E-state index contributed by atoms with van der Waals surface area (Å²) in [5.41, 5.74) is 1.02.